The van der Waals surface area contributed by atoms with Crippen LogP contribution in [0.2, 0.25) is 18.1 Å². The number of ketones is 2. The molecule has 3 aliphatic carbocycles. The number of ether oxygens (including phenoxy) is 1. The van der Waals surface area contributed by atoms with Gasteiger partial charge >= 0.3 is 0 Å². The molecule has 0 saturated heterocycles. The van der Waals surface area contributed by atoms with Crippen molar-refractivity contribution in [1.82, 2.24) is 10.1 Å². The number of Topliss-reactive ketones (excluding diaryl/α,β-unsaturated/α-hetero) is 2. The van der Waals surface area contributed by atoms with Crippen LogP contribution in [0.4, 0.5) is 4.39 Å². The molecule has 3 aliphatic rings. The monoisotopic (exact) mass is 690 g/mol. The molecule has 0 amide bonds. The molecule has 262 valence electrons. The smallest absolute Gasteiger partial charge is 0.265 e. The number of phenolic OH excluding ortho intramolecular Hbond substituents is 1. The van der Waals surface area contributed by atoms with Crippen molar-refractivity contribution in [3.63, 3.8) is 0 Å². The Kier molecular flexibility index (Phi) is 8.32. The number of aromatic hydroxyl groups is 1. The van der Waals surface area contributed by atoms with Crippen molar-refractivity contribution in [2.75, 3.05) is 14.1 Å². The van der Waals surface area contributed by atoms with E-state index in [0.29, 0.717) is 11.3 Å². The number of carbonyl (C=O) groups excluding carboxylic acids is 2. The number of carbonyl (C=O) groups is 2. The summed E-state index contributed by atoms with van der Waals surface area (Å²) in [4.78, 5) is 31.7. The molecule has 6 rings (SSSR count). The normalized spacial score (nSPS) is 24.0. The van der Waals surface area contributed by atoms with Crippen LogP contribution in [-0.4, -0.2) is 59.8 Å². The van der Waals surface area contributed by atoms with Gasteiger partial charge in [0.25, 0.3) is 5.88 Å². The van der Waals surface area contributed by atoms with Crippen LogP contribution in [0, 0.1) is 17.7 Å². The van der Waals surface area contributed by atoms with Gasteiger partial charge in [-0.25, -0.2) is 4.39 Å². The van der Waals surface area contributed by atoms with E-state index in [-0.39, 0.29) is 52.6 Å². The SMILES string of the molecule is CN(C)[C@@H]1c2onc(OCc3ccccc3)c2C(=O)[C@@]2(O[Si](C)(C)C(C)(C)C)C(O)=C3C(=O)c4c(cc(F)c(C(C)(C)C)c4O)C[C@H]3C[C@@H]12. The summed E-state index contributed by atoms with van der Waals surface area (Å²) in [5, 5.41) is 27.9. The first-order valence-electron chi connectivity index (χ1n) is 16.8. The number of nitrogens with zero attached hydrogens (tertiary/aromatic N) is 2. The number of rotatable bonds is 6. The third-order valence-electron chi connectivity index (χ3n) is 11.0. The van der Waals surface area contributed by atoms with Crippen LogP contribution >= 0.6 is 0 Å². The zero-order valence-electron chi connectivity index (χ0n) is 30.0. The Bertz CT molecular complexity index is 1870. The first-order valence-corrected chi connectivity index (χ1v) is 19.7. The van der Waals surface area contributed by atoms with Crippen LogP contribution in [0.3, 0.4) is 0 Å². The van der Waals surface area contributed by atoms with Crippen molar-refractivity contribution in [3.8, 4) is 11.6 Å². The van der Waals surface area contributed by atoms with Crippen molar-refractivity contribution >= 4 is 19.9 Å². The fraction of sp³-hybridized carbons (Fsp3) is 0.500. The van der Waals surface area contributed by atoms with Gasteiger partial charge in [0.05, 0.1) is 11.6 Å². The summed E-state index contributed by atoms with van der Waals surface area (Å²) in [6.45, 7) is 15.5. The van der Waals surface area contributed by atoms with Crippen LogP contribution in [0.5, 0.6) is 11.6 Å². The lowest BCUT2D eigenvalue weighted by Gasteiger charge is -2.55. The fourth-order valence-electron chi connectivity index (χ4n) is 7.69. The second-order valence-corrected chi connectivity index (χ2v) is 21.3. The Morgan fingerprint density at radius 1 is 1.06 bits per heavy atom. The van der Waals surface area contributed by atoms with Crippen molar-refractivity contribution in [2.45, 2.75) is 96.2 Å². The zero-order valence-corrected chi connectivity index (χ0v) is 31.0. The minimum atomic E-state index is -2.89. The van der Waals surface area contributed by atoms with Gasteiger partial charge in [-0.1, -0.05) is 71.9 Å². The molecule has 0 aliphatic heterocycles. The van der Waals surface area contributed by atoms with E-state index in [1.807, 2.05) is 83.2 Å². The van der Waals surface area contributed by atoms with Gasteiger partial charge in [0, 0.05) is 17.1 Å². The maximum atomic E-state index is 15.5. The van der Waals surface area contributed by atoms with E-state index < -0.39 is 66.1 Å². The molecule has 1 heterocycles. The Balaban J connectivity index is 1.59. The van der Waals surface area contributed by atoms with Crippen LogP contribution in [0.25, 0.3) is 0 Å². The molecule has 3 aromatic rings. The topological polar surface area (TPSA) is 122 Å². The van der Waals surface area contributed by atoms with Gasteiger partial charge in [-0.3, -0.25) is 14.5 Å². The maximum Gasteiger partial charge on any atom is 0.265 e. The van der Waals surface area contributed by atoms with Crippen molar-refractivity contribution < 1.29 is 37.9 Å². The molecule has 2 N–H and O–H groups in total. The number of aliphatic hydroxyl groups excluding tert-OH is 1. The summed E-state index contributed by atoms with van der Waals surface area (Å²) in [6.07, 6.45) is 0.433. The minimum absolute atomic E-state index is 0.0155. The minimum Gasteiger partial charge on any atom is -0.508 e. The number of benzene rings is 2. The van der Waals surface area contributed by atoms with Gasteiger partial charge in [0.2, 0.25) is 5.78 Å². The number of allylic oxidation sites excluding steroid dienone is 1. The number of aliphatic hydroxyl groups is 1. The number of hydrogen-bond acceptors (Lipinski definition) is 9. The Labute approximate surface area is 288 Å². The van der Waals surface area contributed by atoms with Crippen LogP contribution < -0.4 is 4.74 Å². The highest BCUT2D eigenvalue weighted by molar-refractivity contribution is 6.74. The predicted molar refractivity (Wildman–Crippen MR) is 185 cm³/mol. The van der Waals surface area contributed by atoms with Crippen molar-refractivity contribution in [2.24, 2.45) is 11.8 Å². The van der Waals surface area contributed by atoms with E-state index >= 15 is 9.18 Å². The summed E-state index contributed by atoms with van der Waals surface area (Å²) in [5.41, 5.74) is -1.50. The lowest BCUT2D eigenvalue weighted by atomic mass is 9.58. The van der Waals surface area contributed by atoms with E-state index in [4.69, 9.17) is 13.7 Å². The molecule has 49 heavy (non-hydrogen) atoms. The van der Waals surface area contributed by atoms with E-state index in [2.05, 4.69) is 5.16 Å². The molecule has 1 aromatic heterocycles. The second-order valence-electron chi connectivity index (χ2n) is 16.5. The molecule has 0 radical (unpaired) electrons. The molecule has 0 saturated carbocycles. The molecule has 2 aromatic carbocycles. The molecule has 0 spiro atoms. The van der Waals surface area contributed by atoms with E-state index in [0.717, 1.165) is 5.56 Å². The predicted octanol–water partition coefficient (Wildman–Crippen LogP) is 7.84. The van der Waals surface area contributed by atoms with Crippen LogP contribution in [0.15, 0.2) is 52.3 Å². The van der Waals surface area contributed by atoms with Crippen LogP contribution in [-0.2, 0) is 22.9 Å². The van der Waals surface area contributed by atoms with Gasteiger partial charge in [0.15, 0.2) is 25.5 Å². The zero-order chi connectivity index (χ0) is 36.0. The number of hydrogen-bond donors (Lipinski definition) is 2. The number of aromatic nitrogens is 1. The first-order chi connectivity index (χ1) is 22.7. The summed E-state index contributed by atoms with van der Waals surface area (Å²) >= 11 is 0. The average Bonchev–Trinajstić information content (AvgIpc) is 3.39. The summed E-state index contributed by atoms with van der Waals surface area (Å²) in [6, 6.07) is 10.2. The molecule has 4 atom stereocenters. The van der Waals surface area contributed by atoms with Crippen LogP contribution in [0.1, 0.15) is 97.2 Å². The molecule has 9 nitrogen and oxygen atoms in total. The quantitative estimate of drug-likeness (QED) is 0.249. The van der Waals surface area contributed by atoms with E-state index in [1.165, 1.54) is 6.07 Å². The Morgan fingerprint density at radius 3 is 2.31 bits per heavy atom. The second kappa shape index (κ2) is 11.6. The lowest BCUT2D eigenvalue weighted by molar-refractivity contribution is -0.0480. The van der Waals surface area contributed by atoms with E-state index in [9.17, 15) is 15.0 Å². The standard InChI is InChI=1S/C38H47FN2O7Si/c1-36(2,3)28-24(39)18-22-16-21-17-23-29(41(7)8)32-27(35(40-47-32)46-19-20-14-12-11-13-15-20)34(45)38(23,48-49(9,10)37(4,5)6)33(44)26(21)30(42)25(22)31(28)43/h11-15,18,21,23,29,43-44H,16-17,19H2,1-10H3/t21-,23-,29-,38-/m0/s1. The molecule has 0 unspecified atom stereocenters. The Hall–Kier alpha value is -3.80. The molecular formula is C38H47FN2O7Si. The number of fused-ring (bicyclic) bond motifs is 4. The highest BCUT2D eigenvalue weighted by atomic mass is 28.4. The maximum absolute atomic E-state index is 15.5. The fourth-order valence-corrected chi connectivity index (χ4v) is 9.14. The lowest BCUT2D eigenvalue weighted by Crippen LogP contribution is -2.65. The third kappa shape index (κ3) is 5.36. The Morgan fingerprint density at radius 2 is 1.71 bits per heavy atom. The third-order valence-corrected chi connectivity index (χ3v) is 15.4. The molecular weight excluding hydrogens is 644 g/mol. The van der Waals surface area contributed by atoms with Crippen molar-refractivity contribution in [1.29, 1.82) is 0 Å². The molecule has 11 heteroatoms. The highest BCUT2D eigenvalue weighted by Gasteiger charge is 2.67. The average molecular weight is 691 g/mol. The van der Waals surface area contributed by atoms with Gasteiger partial charge in [-0.05, 0) is 78.8 Å². The van der Waals surface area contributed by atoms with Crippen molar-refractivity contribution in [3.05, 3.63) is 87.1 Å². The van der Waals surface area contributed by atoms with Gasteiger partial charge in [-0.15, -0.1) is 0 Å². The summed E-state index contributed by atoms with van der Waals surface area (Å²) < 4.78 is 34.7. The molecule has 0 fully saturated rings. The van der Waals surface area contributed by atoms with Gasteiger partial charge in [-0.2, -0.15) is 0 Å². The summed E-state index contributed by atoms with van der Waals surface area (Å²) in [7, 11) is 0.824. The number of phenols is 1. The van der Waals surface area contributed by atoms with Gasteiger partial charge < -0.3 is 23.9 Å². The largest absolute Gasteiger partial charge is 0.508 e. The molecule has 0 bridgehead atoms. The van der Waals surface area contributed by atoms with E-state index in [1.54, 1.807) is 20.8 Å². The first kappa shape index (κ1) is 35.0. The number of halogens is 1. The van der Waals surface area contributed by atoms with Gasteiger partial charge in [0.1, 0.15) is 29.5 Å². The summed E-state index contributed by atoms with van der Waals surface area (Å²) in [5.74, 6) is -3.70. The highest BCUT2D eigenvalue weighted by Crippen LogP contribution is 2.60.